The molecule has 0 aromatic rings. The van der Waals surface area contributed by atoms with Crippen molar-refractivity contribution in [1.29, 1.82) is 0 Å². The third-order valence-corrected chi connectivity index (χ3v) is 0.182. The van der Waals surface area contributed by atoms with Crippen LogP contribution in [0.25, 0.3) is 0 Å². The van der Waals surface area contributed by atoms with E-state index in [4.69, 9.17) is 0 Å². The Morgan fingerprint density at radius 1 is 1.83 bits per heavy atom. The minimum atomic E-state index is -0.343. The van der Waals surface area contributed by atoms with Gasteiger partial charge in [-0.15, -0.1) is 0 Å². The van der Waals surface area contributed by atoms with Crippen LogP contribution in [0.2, 0.25) is 0 Å². The maximum atomic E-state index is 9.52. The van der Waals surface area contributed by atoms with Crippen molar-refractivity contribution in [3.8, 4) is 0 Å². The summed E-state index contributed by atoms with van der Waals surface area (Å²) < 4.78 is 0. The van der Waals surface area contributed by atoms with E-state index in [2.05, 4.69) is 11.7 Å². The van der Waals surface area contributed by atoms with Gasteiger partial charge in [0, 0.05) is 0 Å². The summed E-state index contributed by atoms with van der Waals surface area (Å²) in [6.45, 7) is 5.74. The van der Waals surface area contributed by atoms with Gasteiger partial charge >= 0.3 is 29.6 Å². The first kappa shape index (κ1) is 9.60. The normalized spacial score (nSPS) is 5.50. The summed E-state index contributed by atoms with van der Waals surface area (Å²) in [4.78, 5) is 12.3. The average molecular weight is 93.1 g/mol. The second-order valence-corrected chi connectivity index (χ2v) is 0.648. The maximum Gasteiger partial charge on any atom is 1.00 e. The molecule has 3 heteroatoms. The Bertz CT molecular complexity index is 61.8. The Kier molecular flexibility index (Phi) is 8.54. The van der Waals surface area contributed by atoms with Crippen LogP contribution in [0.4, 0.5) is 0 Å². The van der Waals surface area contributed by atoms with Crippen molar-refractivity contribution in [3.63, 3.8) is 0 Å². The van der Waals surface area contributed by atoms with E-state index in [0.717, 1.165) is 0 Å². The molecule has 0 fully saturated rings. The van der Waals surface area contributed by atoms with E-state index in [0.29, 0.717) is 0 Å². The van der Waals surface area contributed by atoms with Crippen molar-refractivity contribution in [2.24, 2.45) is 4.99 Å². The van der Waals surface area contributed by atoms with Crippen molar-refractivity contribution < 1.29 is 34.4 Å². The molecular weight excluding hydrogens is 89.0 g/mol. The van der Waals surface area contributed by atoms with Gasteiger partial charge in [0.05, 0.1) is 5.91 Å². The van der Waals surface area contributed by atoms with Crippen molar-refractivity contribution in [2.45, 2.75) is 6.92 Å². The molecule has 6 heavy (non-hydrogen) atoms. The zero-order valence-corrected chi connectivity index (χ0v) is 5.93. The van der Waals surface area contributed by atoms with Crippen molar-refractivity contribution in [2.75, 3.05) is 0 Å². The number of aliphatic imine (C=N–C) groups is 1. The molecule has 0 rings (SSSR count). The number of rotatable bonds is 0. The first-order valence-electron chi connectivity index (χ1n) is 1.19. The Hall–Kier alpha value is 0.340. The monoisotopic (exact) mass is 93.0 g/mol. The molecule has 0 aromatic carbocycles. The van der Waals surface area contributed by atoms with Gasteiger partial charge in [0.15, 0.2) is 0 Å². The fourth-order valence-corrected chi connectivity index (χ4v) is 0. The van der Waals surface area contributed by atoms with Gasteiger partial charge < -0.3 is 9.79 Å². The van der Waals surface area contributed by atoms with E-state index in [9.17, 15) is 4.79 Å². The summed E-state index contributed by atoms with van der Waals surface area (Å²) >= 11 is 0. The zero-order valence-electron chi connectivity index (χ0n) is 3.93. The van der Waals surface area contributed by atoms with Crippen molar-refractivity contribution in [1.82, 2.24) is 0 Å². The molecule has 0 saturated carbocycles. The van der Waals surface area contributed by atoms with Crippen LogP contribution in [0.1, 0.15) is 6.92 Å². The number of nitrogens with zero attached hydrogens (tertiary/aromatic N) is 1. The van der Waals surface area contributed by atoms with Gasteiger partial charge in [0.2, 0.25) is 0 Å². The van der Waals surface area contributed by atoms with Crippen LogP contribution in [-0.2, 0) is 4.79 Å². The van der Waals surface area contributed by atoms with E-state index < -0.39 is 0 Å². The standard InChI is InChI=1S/C3H4NO.Na/c1-3(5)4-2;/h2H,1H3;/q-1;+1. The van der Waals surface area contributed by atoms with E-state index >= 15 is 0 Å². The molecule has 0 spiro atoms. The second-order valence-electron chi connectivity index (χ2n) is 0.648. The third-order valence-electron chi connectivity index (χ3n) is 0.182. The summed E-state index contributed by atoms with van der Waals surface area (Å²) in [5, 5.41) is 0. The van der Waals surface area contributed by atoms with Gasteiger partial charge in [-0.3, -0.25) is 0 Å². The summed E-state index contributed by atoms with van der Waals surface area (Å²) in [6.07, 6.45) is 0. The molecule has 0 radical (unpaired) electrons. The van der Waals surface area contributed by atoms with E-state index in [1.165, 1.54) is 6.92 Å². The van der Waals surface area contributed by atoms with Crippen LogP contribution >= 0.6 is 0 Å². The Balaban J connectivity index is 0. The molecule has 0 atom stereocenters. The molecule has 2 nitrogen and oxygen atoms in total. The van der Waals surface area contributed by atoms with Crippen LogP contribution in [0.15, 0.2) is 4.99 Å². The smallest absolute Gasteiger partial charge is 0.429 e. The number of hydrogen-bond donors (Lipinski definition) is 0. The fraction of sp³-hybridized carbons (Fsp3) is 0.333. The SMILES string of the molecule is [CH-]=NC(C)=O.[Na+]. The molecule has 0 saturated heterocycles. The second kappa shape index (κ2) is 5.34. The van der Waals surface area contributed by atoms with Crippen LogP contribution in [0.5, 0.6) is 0 Å². The Morgan fingerprint density at radius 3 is 2.00 bits per heavy atom. The van der Waals surface area contributed by atoms with Gasteiger partial charge in [-0.2, -0.15) is 6.72 Å². The van der Waals surface area contributed by atoms with Crippen LogP contribution in [0.3, 0.4) is 0 Å². The van der Waals surface area contributed by atoms with Crippen LogP contribution in [0, 0.1) is 0 Å². The summed E-state index contributed by atoms with van der Waals surface area (Å²) in [6, 6.07) is 0. The molecule has 28 valence electrons. The zero-order chi connectivity index (χ0) is 4.28. The molecule has 0 aromatic heterocycles. The Labute approximate surface area is 58.9 Å². The summed E-state index contributed by atoms with van der Waals surface area (Å²) in [7, 11) is 0. The molecule has 0 aliphatic heterocycles. The van der Waals surface area contributed by atoms with Crippen molar-refractivity contribution >= 4 is 12.6 Å². The summed E-state index contributed by atoms with van der Waals surface area (Å²) in [5.74, 6) is -0.343. The van der Waals surface area contributed by atoms with Gasteiger partial charge in [-0.25, -0.2) is 0 Å². The van der Waals surface area contributed by atoms with Gasteiger partial charge in [0.1, 0.15) is 0 Å². The quantitative estimate of drug-likeness (QED) is 0.180. The van der Waals surface area contributed by atoms with Gasteiger partial charge in [-0.1, -0.05) is 6.92 Å². The van der Waals surface area contributed by atoms with Gasteiger partial charge in [-0.05, 0) is 0 Å². The molecular formula is C3H4NNaO. The number of carbonyl (C=O) groups excluding carboxylic acids is 1. The molecule has 0 N–H and O–H groups in total. The fourth-order valence-electron chi connectivity index (χ4n) is 0. The minimum absolute atomic E-state index is 0. The largest absolute Gasteiger partial charge is 1.00 e. The Morgan fingerprint density at radius 2 is 2.00 bits per heavy atom. The molecule has 1 amide bonds. The number of hydrogen-bond acceptors (Lipinski definition) is 1. The predicted molar refractivity (Wildman–Crippen MR) is 19.2 cm³/mol. The van der Waals surface area contributed by atoms with E-state index in [-0.39, 0.29) is 35.5 Å². The summed E-state index contributed by atoms with van der Waals surface area (Å²) in [5.41, 5.74) is 0. The average Bonchev–Trinajstić information content (AvgIpc) is 1.38. The molecule has 0 heterocycles. The molecule has 0 aliphatic carbocycles. The number of amides is 1. The van der Waals surface area contributed by atoms with Gasteiger partial charge in [0.25, 0.3) is 0 Å². The topological polar surface area (TPSA) is 29.4 Å². The van der Waals surface area contributed by atoms with E-state index in [1.54, 1.807) is 0 Å². The van der Waals surface area contributed by atoms with E-state index in [1.807, 2.05) is 0 Å². The minimum Gasteiger partial charge on any atom is -0.429 e. The predicted octanol–water partition coefficient (Wildman–Crippen LogP) is -2.89. The maximum absolute atomic E-state index is 9.52. The molecule has 0 aliphatic rings. The molecule has 0 unspecified atom stereocenters. The van der Waals surface area contributed by atoms with Crippen molar-refractivity contribution in [3.05, 3.63) is 0 Å². The third kappa shape index (κ3) is 8.84. The molecule has 0 bridgehead atoms. The van der Waals surface area contributed by atoms with Crippen LogP contribution in [-0.4, -0.2) is 12.6 Å². The first-order chi connectivity index (χ1) is 2.27. The first-order valence-corrected chi connectivity index (χ1v) is 1.19. The number of carbonyl (C=O) groups is 1. The van der Waals surface area contributed by atoms with Crippen LogP contribution < -0.4 is 29.6 Å².